The van der Waals surface area contributed by atoms with Gasteiger partial charge >= 0.3 is 5.97 Å². The van der Waals surface area contributed by atoms with Crippen LogP contribution in [0.4, 0.5) is 10.2 Å². The number of halogens is 1. The van der Waals surface area contributed by atoms with E-state index in [4.69, 9.17) is 14.8 Å². The largest absolute Gasteiger partial charge is 0.466 e. The van der Waals surface area contributed by atoms with Crippen LogP contribution in [0, 0.1) is 17.7 Å². The van der Waals surface area contributed by atoms with Crippen molar-refractivity contribution in [2.75, 3.05) is 31.1 Å². The molecule has 1 saturated heterocycles. The first-order valence-electron chi connectivity index (χ1n) is 14.8. The summed E-state index contributed by atoms with van der Waals surface area (Å²) < 4.78 is 22.3. The molecule has 2 aromatic heterocycles. The number of carbonyl (C=O) groups is 2. The first-order chi connectivity index (χ1) is 20.3. The zero-order chi connectivity index (χ0) is 29.1. The molecule has 8 nitrogen and oxygen atoms in total. The predicted molar refractivity (Wildman–Crippen MR) is 157 cm³/mol. The van der Waals surface area contributed by atoms with E-state index in [1.807, 2.05) is 29.2 Å². The third kappa shape index (κ3) is 4.51. The van der Waals surface area contributed by atoms with Crippen LogP contribution >= 0.6 is 0 Å². The highest BCUT2D eigenvalue weighted by molar-refractivity contribution is 5.94. The van der Waals surface area contributed by atoms with Crippen molar-refractivity contribution in [3.63, 3.8) is 0 Å². The highest BCUT2D eigenvalue weighted by Crippen LogP contribution is 2.48. The zero-order valence-corrected chi connectivity index (χ0v) is 24.1. The SMILES string of the molecule is CCOC(=O)[C@H]1C[C@@H]1c1ccc(-c2cc3nc(C(=O)N4CCc5ccccc5[C@H]4C)cc(N4CC(C)C4)n3n2)c(F)c1. The number of rotatable bonds is 6. The van der Waals surface area contributed by atoms with Crippen molar-refractivity contribution in [1.82, 2.24) is 19.5 Å². The highest BCUT2D eigenvalue weighted by Gasteiger charge is 2.45. The van der Waals surface area contributed by atoms with Gasteiger partial charge in [-0.15, -0.1) is 0 Å². The Morgan fingerprint density at radius 2 is 1.88 bits per heavy atom. The molecule has 0 radical (unpaired) electrons. The molecule has 0 unspecified atom stereocenters. The minimum absolute atomic E-state index is 0.0203. The van der Waals surface area contributed by atoms with Gasteiger partial charge in [0.2, 0.25) is 0 Å². The number of hydrogen-bond donors (Lipinski definition) is 0. The van der Waals surface area contributed by atoms with Gasteiger partial charge in [0.1, 0.15) is 17.3 Å². The van der Waals surface area contributed by atoms with Crippen LogP contribution in [0.1, 0.15) is 66.3 Å². The van der Waals surface area contributed by atoms with Crippen molar-refractivity contribution in [1.29, 1.82) is 0 Å². The van der Waals surface area contributed by atoms with Crippen LogP contribution in [-0.4, -0.2) is 57.6 Å². The van der Waals surface area contributed by atoms with Crippen LogP contribution < -0.4 is 4.90 Å². The third-order valence-corrected chi connectivity index (χ3v) is 8.95. The van der Waals surface area contributed by atoms with Gasteiger partial charge in [-0.25, -0.2) is 9.37 Å². The fourth-order valence-corrected chi connectivity index (χ4v) is 6.55. The van der Waals surface area contributed by atoms with Gasteiger partial charge in [0.15, 0.2) is 5.65 Å². The number of fused-ring (bicyclic) bond motifs is 2. The summed E-state index contributed by atoms with van der Waals surface area (Å²) in [5.74, 6) is 0.350. The number of esters is 1. The number of hydrogen-bond acceptors (Lipinski definition) is 6. The van der Waals surface area contributed by atoms with Crippen LogP contribution in [0.25, 0.3) is 16.9 Å². The zero-order valence-electron chi connectivity index (χ0n) is 24.1. The number of nitrogens with zero attached hydrogens (tertiary/aromatic N) is 5. The van der Waals surface area contributed by atoms with Crippen LogP contribution in [0.2, 0.25) is 0 Å². The van der Waals surface area contributed by atoms with E-state index in [9.17, 15) is 9.59 Å². The molecule has 4 aromatic rings. The quantitative estimate of drug-likeness (QED) is 0.290. The summed E-state index contributed by atoms with van der Waals surface area (Å²) in [6.45, 7) is 8.70. The molecule has 4 heterocycles. The molecule has 216 valence electrons. The molecule has 0 bridgehead atoms. The van der Waals surface area contributed by atoms with Crippen LogP contribution in [0.5, 0.6) is 0 Å². The Kier molecular flexibility index (Phi) is 6.48. The fraction of sp³-hybridized carbons (Fsp3) is 0.394. The molecule has 9 heteroatoms. The summed E-state index contributed by atoms with van der Waals surface area (Å²) in [5.41, 5.74) is 4.91. The molecule has 3 aliphatic rings. The molecule has 2 aliphatic heterocycles. The van der Waals surface area contributed by atoms with Gasteiger partial charge in [0, 0.05) is 37.3 Å². The Morgan fingerprint density at radius 1 is 1.07 bits per heavy atom. The molecule has 1 aliphatic carbocycles. The predicted octanol–water partition coefficient (Wildman–Crippen LogP) is 5.42. The van der Waals surface area contributed by atoms with Gasteiger partial charge in [-0.1, -0.05) is 37.3 Å². The Morgan fingerprint density at radius 3 is 2.64 bits per heavy atom. The highest BCUT2D eigenvalue weighted by atomic mass is 19.1. The lowest BCUT2D eigenvalue weighted by molar-refractivity contribution is -0.144. The number of ether oxygens (including phenoxy) is 1. The van der Waals surface area contributed by atoms with Crippen molar-refractivity contribution in [2.24, 2.45) is 11.8 Å². The van der Waals surface area contributed by atoms with Crippen molar-refractivity contribution in [2.45, 2.75) is 45.6 Å². The summed E-state index contributed by atoms with van der Waals surface area (Å²) in [6.07, 6.45) is 1.48. The summed E-state index contributed by atoms with van der Waals surface area (Å²) in [4.78, 5) is 34.8. The number of anilines is 1. The van der Waals surface area contributed by atoms with E-state index in [1.165, 1.54) is 17.2 Å². The van der Waals surface area contributed by atoms with E-state index >= 15 is 4.39 Å². The summed E-state index contributed by atoms with van der Waals surface area (Å²) in [6, 6.07) is 16.9. The first kappa shape index (κ1) is 26.6. The molecular weight excluding hydrogens is 533 g/mol. The van der Waals surface area contributed by atoms with E-state index in [2.05, 4.69) is 30.9 Å². The van der Waals surface area contributed by atoms with Crippen molar-refractivity contribution in [3.8, 4) is 11.3 Å². The number of aromatic nitrogens is 3. The molecule has 0 spiro atoms. The van der Waals surface area contributed by atoms with Gasteiger partial charge in [0.05, 0.1) is 24.3 Å². The maximum absolute atomic E-state index is 15.5. The lowest BCUT2D eigenvalue weighted by Crippen LogP contribution is -2.46. The smallest absolute Gasteiger partial charge is 0.309 e. The van der Waals surface area contributed by atoms with E-state index in [1.54, 1.807) is 23.6 Å². The molecule has 42 heavy (non-hydrogen) atoms. The molecule has 2 fully saturated rings. The lowest BCUT2D eigenvalue weighted by Gasteiger charge is -2.39. The summed E-state index contributed by atoms with van der Waals surface area (Å²) >= 11 is 0. The van der Waals surface area contributed by atoms with Crippen molar-refractivity contribution >= 4 is 23.3 Å². The fourth-order valence-electron chi connectivity index (χ4n) is 6.55. The number of amides is 1. The van der Waals surface area contributed by atoms with Gasteiger partial charge in [0.25, 0.3) is 5.91 Å². The number of benzene rings is 2. The second kappa shape index (κ2) is 10.2. The van der Waals surface area contributed by atoms with Gasteiger partial charge < -0.3 is 14.5 Å². The first-order valence-corrected chi connectivity index (χ1v) is 14.8. The maximum atomic E-state index is 15.5. The average molecular weight is 568 g/mol. The van der Waals surface area contributed by atoms with Crippen LogP contribution in [-0.2, 0) is 16.0 Å². The van der Waals surface area contributed by atoms with Gasteiger partial charge in [-0.3, -0.25) is 9.59 Å². The van der Waals surface area contributed by atoms with Crippen molar-refractivity contribution in [3.05, 3.63) is 82.8 Å². The lowest BCUT2D eigenvalue weighted by atomic mass is 9.93. The molecule has 0 N–H and O–H groups in total. The maximum Gasteiger partial charge on any atom is 0.309 e. The average Bonchev–Trinajstić information content (AvgIpc) is 3.67. The van der Waals surface area contributed by atoms with E-state index in [0.29, 0.717) is 48.1 Å². The Labute approximate surface area is 244 Å². The topological polar surface area (TPSA) is 80.0 Å². The van der Waals surface area contributed by atoms with E-state index in [-0.39, 0.29) is 29.8 Å². The second-order valence-corrected chi connectivity index (χ2v) is 11.9. The Hall–Kier alpha value is -4.27. The van der Waals surface area contributed by atoms with Gasteiger partial charge in [-0.05, 0) is 67.3 Å². The summed E-state index contributed by atoms with van der Waals surface area (Å²) in [7, 11) is 0. The van der Waals surface area contributed by atoms with E-state index in [0.717, 1.165) is 30.9 Å². The van der Waals surface area contributed by atoms with Crippen LogP contribution in [0.15, 0.2) is 54.6 Å². The monoisotopic (exact) mass is 567 g/mol. The number of carbonyl (C=O) groups excluding carboxylic acids is 2. The molecule has 7 rings (SSSR count). The van der Waals surface area contributed by atoms with E-state index < -0.39 is 5.82 Å². The van der Waals surface area contributed by atoms with Crippen molar-refractivity contribution < 1.29 is 18.7 Å². The minimum Gasteiger partial charge on any atom is -0.466 e. The molecular formula is C33H34FN5O3. The third-order valence-electron chi connectivity index (χ3n) is 8.95. The summed E-state index contributed by atoms with van der Waals surface area (Å²) in [5, 5.41) is 4.76. The Balaban J connectivity index is 1.21. The molecule has 1 saturated carbocycles. The molecule has 1 amide bonds. The second-order valence-electron chi connectivity index (χ2n) is 11.9. The standard InChI is InChI=1S/C33H34FN5O3/c1-4-42-33(41)26-14-25(26)22-9-10-24(27(34)13-22)28-15-30-35-29(16-31(39(30)36-28)37-17-19(2)18-37)32(40)38-12-11-21-7-5-6-8-23(21)20(38)3/h5-10,13,15-16,19-20,25-26H,4,11-12,14,17-18H2,1-3H3/t20-,25-,26+/m1/s1. The van der Waals surface area contributed by atoms with Crippen LogP contribution in [0.3, 0.4) is 0 Å². The Bertz CT molecular complexity index is 1710. The minimum atomic E-state index is -0.401. The molecule has 3 atom stereocenters. The normalized spacial score (nSPS) is 21.7. The van der Waals surface area contributed by atoms with Gasteiger partial charge in [-0.2, -0.15) is 9.61 Å². The molecule has 2 aromatic carbocycles.